The van der Waals surface area contributed by atoms with Gasteiger partial charge in [0.05, 0.1) is 11.4 Å². The number of aromatic nitrogens is 2. The number of hydrogen-bond acceptors (Lipinski definition) is 2. The minimum Gasteiger partial charge on any atom is -0.206 e. The van der Waals surface area contributed by atoms with Crippen LogP contribution in [0.5, 0.6) is 0 Å². The summed E-state index contributed by atoms with van der Waals surface area (Å²) in [5.41, 5.74) is 3.20. The molecule has 0 atom stereocenters. The maximum Gasteiger partial charge on any atom is 0.132 e. The van der Waals surface area contributed by atoms with E-state index in [1.54, 1.807) is 6.07 Å². The number of benzene rings is 1. The van der Waals surface area contributed by atoms with Gasteiger partial charge in [0.1, 0.15) is 5.82 Å². The lowest BCUT2D eigenvalue weighted by atomic mass is 9.78. The highest BCUT2D eigenvalue weighted by Crippen LogP contribution is 2.34. The summed E-state index contributed by atoms with van der Waals surface area (Å²) in [6, 6.07) is 9.33. The highest BCUT2D eigenvalue weighted by molar-refractivity contribution is 5.59. The highest BCUT2D eigenvalue weighted by atomic mass is 19.1. The predicted molar refractivity (Wildman–Crippen MR) is 124 cm³/mol. The second-order valence-electron chi connectivity index (χ2n) is 9.21. The van der Waals surface area contributed by atoms with E-state index in [2.05, 4.69) is 17.1 Å². The minimum absolute atomic E-state index is 0.210. The van der Waals surface area contributed by atoms with Gasteiger partial charge in [0.2, 0.25) is 0 Å². The predicted octanol–water partition coefficient (Wildman–Crippen LogP) is 7.94. The fourth-order valence-electron chi connectivity index (χ4n) is 4.82. The monoisotopic (exact) mass is 410 g/mol. The smallest absolute Gasteiger partial charge is 0.132 e. The van der Waals surface area contributed by atoms with E-state index >= 15 is 0 Å². The van der Waals surface area contributed by atoms with Crippen molar-refractivity contribution in [3.63, 3.8) is 0 Å². The van der Waals surface area contributed by atoms with Crippen molar-refractivity contribution in [2.45, 2.75) is 97.3 Å². The van der Waals surface area contributed by atoms with Crippen molar-refractivity contribution in [2.24, 2.45) is 11.8 Å². The summed E-state index contributed by atoms with van der Waals surface area (Å²) in [7, 11) is 0. The van der Waals surface area contributed by atoms with Gasteiger partial charge in [-0.1, -0.05) is 84.1 Å². The number of halogens is 1. The first kappa shape index (κ1) is 22.9. The van der Waals surface area contributed by atoms with Gasteiger partial charge in [-0.25, -0.2) is 4.39 Å². The van der Waals surface area contributed by atoms with Crippen molar-refractivity contribution < 1.29 is 4.39 Å². The normalized spacial score (nSPS) is 19.2. The van der Waals surface area contributed by atoms with Crippen molar-refractivity contribution in [1.29, 1.82) is 0 Å². The van der Waals surface area contributed by atoms with Crippen LogP contribution in [0.15, 0.2) is 30.3 Å². The van der Waals surface area contributed by atoms with Crippen LogP contribution in [0, 0.1) is 17.7 Å². The van der Waals surface area contributed by atoms with E-state index in [1.165, 1.54) is 70.6 Å². The van der Waals surface area contributed by atoms with Crippen molar-refractivity contribution in [3.8, 4) is 11.3 Å². The molecule has 1 aromatic heterocycles. The van der Waals surface area contributed by atoms with Crippen LogP contribution in [-0.4, -0.2) is 10.2 Å². The molecule has 2 aromatic rings. The molecule has 0 spiro atoms. The van der Waals surface area contributed by atoms with Gasteiger partial charge >= 0.3 is 0 Å². The largest absolute Gasteiger partial charge is 0.206 e. The van der Waals surface area contributed by atoms with Gasteiger partial charge in [-0.05, 0) is 60.9 Å². The summed E-state index contributed by atoms with van der Waals surface area (Å²) in [4.78, 5) is 0. The van der Waals surface area contributed by atoms with Crippen LogP contribution in [0.2, 0.25) is 0 Å². The number of hydrogen-bond donors (Lipinski definition) is 0. The van der Waals surface area contributed by atoms with Gasteiger partial charge in [-0.15, -0.1) is 0 Å². The van der Waals surface area contributed by atoms with Crippen LogP contribution in [0.3, 0.4) is 0 Å². The zero-order valence-electron chi connectivity index (χ0n) is 19.0. The van der Waals surface area contributed by atoms with E-state index in [0.717, 1.165) is 35.9 Å². The summed E-state index contributed by atoms with van der Waals surface area (Å²) in [5.74, 6) is 1.59. The van der Waals surface area contributed by atoms with Gasteiger partial charge in [-0.2, -0.15) is 10.2 Å². The minimum atomic E-state index is -0.210. The average Bonchev–Trinajstić information content (AvgIpc) is 2.79. The molecule has 0 saturated heterocycles. The third kappa shape index (κ3) is 6.89. The lowest BCUT2D eigenvalue weighted by molar-refractivity contribution is 0.248. The fourth-order valence-corrected chi connectivity index (χ4v) is 4.82. The van der Waals surface area contributed by atoms with E-state index in [9.17, 15) is 4.39 Å². The van der Waals surface area contributed by atoms with E-state index in [4.69, 9.17) is 0 Å². The van der Waals surface area contributed by atoms with Gasteiger partial charge in [-0.3, -0.25) is 0 Å². The van der Waals surface area contributed by atoms with Gasteiger partial charge in [0.15, 0.2) is 0 Å². The molecule has 0 bridgehead atoms. The number of nitrogens with zero attached hydrogens (tertiary/aromatic N) is 2. The third-order valence-corrected chi connectivity index (χ3v) is 6.93. The maximum atomic E-state index is 14.3. The molecule has 30 heavy (non-hydrogen) atoms. The molecule has 164 valence electrons. The van der Waals surface area contributed by atoms with Crippen LogP contribution in [-0.2, 0) is 12.8 Å². The Balaban J connectivity index is 1.40. The Morgan fingerprint density at radius 3 is 2.20 bits per heavy atom. The molecule has 1 aliphatic carbocycles. The zero-order chi connectivity index (χ0) is 21.2. The second kappa shape index (κ2) is 12.2. The molecule has 2 nitrogen and oxygen atoms in total. The third-order valence-electron chi connectivity index (χ3n) is 6.93. The Bertz CT molecular complexity index is 748. The standard InChI is InChI=1S/C27H39FN2/c1-3-5-6-7-8-9-22-10-12-23(13-11-22)14-16-24-17-19-27(30-29-24)25-18-15-21(4-2)20-26(25)28/h15,17-20,22-23H,3-14,16H2,1-2H3. The van der Waals surface area contributed by atoms with Crippen molar-refractivity contribution >= 4 is 0 Å². The Morgan fingerprint density at radius 1 is 0.833 bits per heavy atom. The van der Waals surface area contributed by atoms with E-state index in [0.29, 0.717) is 11.3 Å². The first-order chi connectivity index (χ1) is 14.7. The van der Waals surface area contributed by atoms with Crippen LogP contribution >= 0.6 is 0 Å². The van der Waals surface area contributed by atoms with Crippen molar-refractivity contribution in [3.05, 3.63) is 47.4 Å². The van der Waals surface area contributed by atoms with Crippen LogP contribution < -0.4 is 0 Å². The lowest BCUT2D eigenvalue weighted by Gasteiger charge is -2.28. The van der Waals surface area contributed by atoms with E-state index < -0.39 is 0 Å². The van der Waals surface area contributed by atoms with E-state index in [1.807, 2.05) is 31.2 Å². The molecule has 1 heterocycles. The Kier molecular flexibility index (Phi) is 9.29. The maximum absolute atomic E-state index is 14.3. The molecule has 1 saturated carbocycles. The van der Waals surface area contributed by atoms with Gasteiger partial charge in [0, 0.05) is 5.56 Å². The second-order valence-corrected chi connectivity index (χ2v) is 9.21. The molecule has 0 unspecified atom stereocenters. The molecule has 0 radical (unpaired) electrons. The molecule has 1 aromatic carbocycles. The molecule has 0 N–H and O–H groups in total. The first-order valence-corrected chi connectivity index (χ1v) is 12.3. The van der Waals surface area contributed by atoms with Gasteiger partial charge < -0.3 is 0 Å². The summed E-state index contributed by atoms with van der Waals surface area (Å²) >= 11 is 0. The fraction of sp³-hybridized carbons (Fsp3) is 0.630. The SMILES string of the molecule is CCCCCCCC1CCC(CCc2ccc(-c3ccc(CC)cc3F)nn2)CC1. The average molecular weight is 411 g/mol. The summed E-state index contributed by atoms with van der Waals surface area (Å²) in [6.07, 6.45) is 17.1. The zero-order valence-corrected chi connectivity index (χ0v) is 19.0. The Hall–Kier alpha value is -1.77. The summed E-state index contributed by atoms with van der Waals surface area (Å²) in [6.45, 7) is 4.32. The lowest BCUT2D eigenvalue weighted by Crippen LogP contribution is -2.15. The van der Waals surface area contributed by atoms with Crippen LogP contribution in [0.4, 0.5) is 4.39 Å². The topological polar surface area (TPSA) is 25.8 Å². The molecule has 0 aliphatic heterocycles. The van der Waals surface area contributed by atoms with Gasteiger partial charge in [0.25, 0.3) is 0 Å². The van der Waals surface area contributed by atoms with Crippen molar-refractivity contribution in [1.82, 2.24) is 10.2 Å². The molecular formula is C27H39FN2. The molecule has 3 heteroatoms. The molecular weight excluding hydrogens is 371 g/mol. The van der Waals surface area contributed by atoms with Crippen LogP contribution in [0.1, 0.15) is 95.7 Å². The summed E-state index contributed by atoms with van der Waals surface area (Å²) in [5, 5.41) is 8.69. The highest BCUT2D eigenvalue weighted by Gasteiger charge is 2.21. The quantitative estimate of drug-likeness (QED) is 0.351. The van der Waals surface area contributed by atoms with E-state index in [-0.39, 0.29) is 5.82 Å². The molecule has 0 amide bonds. The van der Waals surface area contributed by atoms with Crippen molar-refractivity contribution in [2.75, 3.05) is 0 Å². The number of aryl methyl sites for hydroxylation is 2. The Morgan fingerprint density at radius 2 is 1.57 bits per heavy atom. The number of unbranched alkanes of at least 4 members (excludes halogenated alkanes) is 4. The number of rotatable bonds is 11. The van der Waals surface area contributed by atoms with Crippen LogP contribution in [0.25, 0.3) is 11.3 Å². The molecule has 1 fully saturated rings. The first-order valence-electron chi connectivity index (χ1n) is 12.3. The summed E-state index contributed by atoms with van der Waals surface area (Å²) < 4.78 is 14.3. The molecule has 3 rings (SSSR count). The molecule has 1 aliphatic rings. The Labute approximate surface area is 182 Å².